The lowest BCUT2D eigenvalue weighted by molar-refractivity contribution is 0.429. The van der Waals surface area contributed by atoms with Crippen LogP contribution in [0.15, 0.2) is 22.6 Å². The van der Waals surface area contributed by atoms with E-state index in [0.717, 1.165) is 6.42 Å². The van der Waals surface area contributed by atoms with Gasteiger partial charge in [-0.2, -0.15) is 4.98 Å². The highest BCUT2D eigenvalue weighted by molar-refractivity contribution is 7.99. The smallest absolute Gasteiger partial charge is 0.258 e. The number of nitrogens with one attached hydrogen (secondary N) is 1. The Bertz CT molecular complexity index is 428. The Morgan fingerprint density at radius 2 is 2.38 bits per heavy atom. The van der Waals surface area contributed by atoms with E-state index < -0.39 is 0 Å². The fourth-order valence-corrected chi connectivity index (χ4v) is 1.90. The maximum atomic E-state index is 11.7. The number of aromatic amines is 1. The van der Waals surface area contributed by atoms with Crippen LogP contribution in [0.5, 0.6) is 5.88 Å². The van der Waals surface area contributed by atoms with Gasteiger partial charge in [-0.15, -0.1) is 6.58 Å². The molecule has 4 nitrogen and oxygen atoms in total. The normalized spacial score (nSPS) is 12.4. The lowest BCUT2D eigenvalue weighted by Crippen LogP contribution is -2.17. The average molecular weight is 240 g/mol. The van der Waals surface area contributed by atoms with Gasteiger partial charge in [-0.05, 0) is 12.3 Å². The maximum absolute atomic E-state index is 11.7. The van der Waals surface area contributed by atoms with Gasteiger partial charge in [-0.25, -0.2) is 0 Å². The number of nitrogens with zero attached hydrogens (tertiary/aromatic N) is 1. The van der Waals surface area contributed by atoms with Gasteiger partial charge in [0.1, 0.15) is 0 Å². The molecule has 2 N–H and O–H groups in total. The van der Waals surface area contributed by atoms with Gasteiger partial charge < -0.3 is 10.1 Å². The lowest BCUT2D eigenvalue weighted by atomic mass is 10.0. The van der Waals surface area contributed by atoms with Crippen LogP contribution in [0.4, 0.5) is 0 Å². The van der Waals surface area contributed by atoms with Gasteiger partial charge in [-0.1, -0.05) is 31.7 Å². The third kappa shape index (κ3) is 2.88. The Labute approximate surface area is 98.8 Å². The number of H-pyrrole nitrogens is 1. The van der Waals surface area contributed by atoms with Crippen LogP contribution in [0.1, 0.15) is 31.7 Å². The number of aromatic hydroxyl groups is 1. The van der Waals surface area contributed by atoms with Crippen molar-refractivity contribution in [1.82, 2.24) is 9.97 Å². The molecule has 0 spiro atoms. The second-order valence-corrected chi connectivity index (χ2v) is 4.53. The minimum absolute atomic E-state index is 0.00899. The van der Waals surface area contributed by atoms with Crippen molar-refractivity contribution in [2.75, 3.05) is 5.75 Å². The number of hydrogen-bond donors (Lipinski definition) is 2. The standard InChI is InChI=1S/C11H16N2O2S/c1-4-6-16-11-12-9(14)8(7(3)5-2)10(15)13-11/h4,7H,1,5-6H2,2-3H3,(H2,12,13,14,15). The molecule has 1 unspecified atom stereocenters. The molecule has 0 aliphatic carbocycles. The Morgan fingerprint density at radius 1 is 1.69 bits per heavy atom. The van der Waals surface area contributed by atoms with Gasteiger partial charge in [0.2, 0.25) is 5.88 Å². The molecule has 88 valence electrons. The fraction of sp³-hybridized carbons (Fsp3) is 0.455. The van der Waals surface area contributed by atoms with Gasteiger partial charge in [-0.3, -0.25) is 4.79 Å². The Kier molecular flexibility index (Phi) is 4.61. The van der Waals surface area contributed by atoms with Crippen molar-refractivity contribution in [2.45, 2.75) is 31.3 Å². The molecule has 0 aliphatic heterocycles. The van der Waals surface area contributed by atoms with Crippen molar-refractivity contribution < 1.29 is 5.11 Å². The van der Waals surface area contributed by atoms with Crippen LogP contribution in [-0.4, -0.2) is 20.8 Å². The van der Waals surface area contributed by atoms with Crippen LogP contribution in [-0.2, 0) is 0 Å². The monoisotopic (exact) mass is 240 g/mol. The molecule has 0 aromatic carbocycles. The summed E-state index contributed by atoms with van der Waals surface area (Å²) in [4.78, 5) is 18.3. The van der Waals surface area contributed by atoms with E-state index in [-0.39, 0.29) is 17.4 Å². The van der Waals surface area contributed by atoms with Crippen molar-refractivity contribution in [1.29, 1.82) is 0 Å². The molecule has 0 saturated carbocycles. The summed E-state index contributed by atoms with van der Waals surface area (Å²) in [5.74, 6) is 0.491. The average Bonchev–Trinajstić information content (AvgIpc) is 2.25. The Balaban J connectivity index is 3.07. The number of aromatic nitrogens is 2. The van der Waals surface area contributed by atoms with E-state index in [1.807, 2.05) is 13.8 Å². The van der Waals surface area contributed by atoms with Crippen LogP contribution >= 0.6 is 11.8 Å². The second-order valence-electron chi connectivity index (χ2n) is 3.52. The molecule has 0 saturated heterocycles. The molecule has 1 rings (SSSR count). The van der Waals surface area contributed by atoms with Gasteiger partial charge >= 0.3 is 0 Å². The summed E-state index contributed by atoms with van der Waals surface area (Å²) in [5, 5.41) is 10.1. The molecule has 1 aromatic rings. The van der Waals surface area contributed by atoms with E-state index in [1.54, 1.807) is 6.08 Å². The summed E-state index contributed by atoms with van der Waals surface area (Å²) in [6.45, 7) is 7.43. The van der Waals surface area contributed by atoms with E-state index in [1.165, 1.54) is 11.8 Å². The van der Waals surface area contributed by atoms with E-state index in [4.69, 9.17) is 0 Å². The SMILES string of the molecule is C=CCSc1nc(O)c(C(C)CC)c(=O)[nH]1. The maximum Gasteiger partial charge on any atom is 0.258 e. The Hall–Kier alpha value is -1.23. The molecule has 0 aliphatic rings. The largest absolute Gasteiger partial charge is 0.493 e. The molecule has 16 heavy (non-hydrogen) atoms. The quantitative estimate of drug-likeness (QED) is 0.471. The van der Waals surface area contributed by atoms with Gasteiger partial charge in [0.25, 0.3) is 5.56 Å². The summed E-state index contributed by atoms with van der Waals surface area (Å²) >= 11 is 1.33. The van der Waals surface area contributed by atoms with Gasteiger partial charge in [0, 0.05) is 5.75 Å². The second kappa shape index (κ2) is 5.75. The van der Waals surface area contributed by atoms with E-state index in [9.17, 15) is 9.90 Å². The van der Waals surface area contributed by atoms with Crippen LogP contribution in [0.3, 0.4) is 0 Å². The van der Waals surface area contributed by atoms with E-state index in [2.05, 4.69) is 16.5 Å². The third-order valence-electron chi connectivity index (χ3n) is 2.36. The number of hydrogen-bond acceptors (Lipinski definition) is 4. The first kappa shape index (κ1) is 12.8. The first-order chi connectivity index (χ1) is 7.60. The van der Waals surface area contributed by atoms with Crippen LogP contribution < -0.4 is 5.56 Å². The molecule has 0 fully saturated rings. The van der Waals surface area contributed by atoms with Gasteiger partial charge in [0.15, 0.2) is 5.16 Å². The highest BCUT2D eigenvalue weighted by atomic mass is 32.2. The zero-order chi connectivity index (χ0) is 12.1. The lowest BCUT2D eigenvalue weighted by Gasteiger charge is -2.09. The third-order valence-corrected chi connectivity index (χ3v) is 3.23. The summed E-state index contributed by atoms with van der Waals surface area (Å²) in [7, 11) is 0. The van der Waals surface area contributed by atoms with Gasteiger partial charge in [0.05, 0.1) is 5.56 Å². The molecule has 0 radical (unpaired) electrons. The van der Waals surface area contributed by atoms with Crippen LogP contribution in [0, 0.1) is 0 Å². The molecule has 0 amide bonds. The zero-order valence-electron chi connectivity index (χ0n) is 9.49. The molecule has 1 atom stereocenters. The van der Waals surface area contributed by atoms with Crippen molar-refractivity contribution in [2.24, 2.45) is 0 Å². The summed E-state index contributed by atoms with van der Waals surface area (Å²) in [5.41, 5.74) is 0.110. The zero-order valence-corrected chi connectivity index (χ0v) is 10.3. The Morgan fingerprint density at radius 3 is 2.88 bits per heavy atom. The highest BCUT2D eigenvalue weighted by Gasteiger charge is 2.15. The molecular formula is C11H16N2O2S. The minimum Gasteiger partial charge on any atom is -0.493 e. The predicted molar refractivity (Wildman–Crippen MR) is 66.1 cm³/mol. The van der Waals surface area contributed by atoms with E-state index >= 15 is 0 Å². The molecular weight excluding hydrogens is 224 g/mol. The van der Waals surface area contributed by atoms with Crippen LogP contribution in [0.2, 0.25) is 0 Å². The topological polar surface area (TPSA) is 66.0 Å². The van der Waals surface area contributed by atoms with Crippen molar-refractivity contribution in [3.63, 3.8) is 0 Å². The first-order valence-electron chi connectivity index (χ1n) is 5.17. The highest BCUT2D eigenvalue weighted by Crippen LogP contribution is 2.24. The summed E-state index contributed by atoms with van der Waals surface area (Å²) < 4.78 is 0. The number of rotatable bonds is 5. The molecule has 1 aromatic heterocycles. The fourth-order valence-electron chi connectivity index (χ4n) is 1.30. The van der Waals surface area contributed by atoms with E-state index in [0.29, 0.717) is 16.5 Å². The molecule has 0 bridgehead atoms. The molecule has 5 heteroatoms. The van der Waals surface area contributed by atoms with Crippen molar-refractivity contribution in [3.8, 4) is 5.88 Å². The van der Waals surface area contributed by atoms with Crippen LogP contribution in [0.25, 0.3) is 0 Å². The van der Waals surface area contributed by atoms with Crippen molar-refractivity contribution in [3.05, 3.63) is 28.6 Å². The van der Waals surface area contributed by atoms with Crippen molar-refractivity contribution >= 4 is 11.8 Å². The molecule has 1 heterocycles. The predicted octanol–water partition coefficient (Wildman–Crippen LogP) is 2.27. The summed E-state index contributed by atoms with van der Waals surface area (Å²) in [6.07, 6.45) is 2.50. The number of thioether (sulfide) groups is 1. The minimum atomic E-state index is -0.256. The summed E-state index contributed by atoms with van der Waals surface area (Å²) in [6, 6.07) is 0. The first-order valence-corrected chi connectivity index (χ1v) is 6.15.